The second-order valence-electron chi connectivity index (χ2n) is 7.19. The molecule has 1 N–H and O–H groups in total. The highest BCUT2D eigenvalue weighted by Crippen LogP contribution is 2.42. The summed E-state index contributed by atoms with van der Waals surface area (Å²) in [5.74, 6) is 1.63. The number of methoxy groups -OCH3 is 1. The molecule has 3 aromatic heterocycles. The van der Waals surface area contributed by atoms with Crippen LogP contribution < -0.4 is 15.0 Å². The highest BCUT2D eigenvalue weighted by molar-refractivity contribution is 7.80. The molecule has 1 aliphatic heterocycles. The molecule has 0 radical (unpaired) electrons. The van der Waals surface area contributed by atoms with Gasteiger partial charge in [-0.05, 0) is 60.7 Å². The van der Waals surface area contributed by atoms with Crippen LogP contribution in [0, 0.1) is 0 Å². The molecule has 0 saturated carbocycles. The van der Waals surface area contributed by atoms with Gasteiger partial charge in [-0.1, -0.05) is 18.2 Å². The van der Waals surface area contributed by atoms with Crippen LogP contribution in [0.15, 0.2) is 91.4 Å². The Kier molecular flexibility index (Phi) is 5.09. The molecule has 4 heterocycles. The SMILES string of the molecule is COc1cccc(N2C(=S)N[C@H](c3ccccn3)[C@H]2c2cccn2-c2ccccn2)c1. The third-order valence-electron chi connectivity index (χ3n) is 5.41. The minimum atomic E-state index is -0.133. The van der Waals surface area contributed by atoms with Crippen LogP contribution in [0.4, 0.5) is 5.69 Å². The largest absolute Gasteiger partial charge is 0.497 e. The van der Waals surface area contributed by atoms with E-state index in [2.05, 4.69) is 30.8 Å². The van der Waals surface area contributed by atoms with E-state index >= 15 is 0 Å². The van der Waals surface area contributed by atoms with Crippen molar-refractivity contribution < 1.29 is 4.74 Å². The predicted octanol–water partition coefficient (Wildman–Crippen LogP) is 4.45. The van der Waals surface area contributed by atoms with Gasteiger partial charge in [0, 0.05) is 36.0 Å². The fraction of sp³-hybridized carbons (Fsp3) is 0.125. The van der Waals surface area contributed by atoms with Crippen molar-refractivity contribution in [1.29, 1.82) is 0 Å². The molecule has 31 heavy (non-hydrogen) atoms. The van der Waals surface area contributed by atoms with Crippen molar-refractivity contribution in [2.24, 2.45) is 0 Å². The van der Waals surface area contributed by atoms with E-state index in [0.717, 1.165) is 28.6 Å². The van der Waals surface area contributed by atoms with Crippen LogP contribution in [0.25, 0.3) is 5.82 Å². The van der Waals surface area contributed by atoms with Gasteiger partial charge in [0.15, 0.2) is 5.11 Å². The van der Waals surface area contributed by atoms with E-state index in [-0.39, 0.29) is 12.1 Å². The number of aromatic nitrogens is 3. The van der Waals surface area contributed by atoms with Gasteiger partial charge >= 0.3 is 0 Å². The van der Waals surface area contributed by atoms with Crippen molar-refractivity contribution >= 4 is 23.0 Å². The zero-order valence-electron chi connectivity index (χ0n) is 16.9. The summed E-state index contributed by atoms with van der Waals surface area (Å²) in [4.78, 5) is 11.3. The summed E-state index contributed by atoms with van der Waals surface area (Å²) in [6, 6.07) is 23.7. The van der Waals surface area contributed by atoms with Gasteiger partial charge in [0.2, 0.25) is 0 Å². The zero-order valence-corrected chi connectivity index (χ0v) is 17.7. The third-order valence-corrected chi connectivity index (χ3v) is 5.72. The van der Waals surface area contributed by atoms with Gasteiger partial charge in [0.05, 0.1) is 18.8 Å². The van der Waals surface area contributed by atoms with E-state index in [1.165, 1.54) is 0 Å². The molecule has 7 heteroatoms. The number of nitrogens with one attached hydrogen (secondary N) is 1. The van der Waals surface area contributed by atoms with Gasteiger partial charge in [-0.2, -0.15) is 0 Å². The first kappa shape index (κ1) is 19.3. The number of benzene rings is 1. The minimum Gasteiger partial charge on any atom is -0.497 e. The van der Waals surface area contributed by atoms with Gasteiger partial charge in [0.1, 0.15) is 17.6 Å². The number of ether oxygens (including phenoxy) is 1. The fourth-order valence-electron chi connectivity index (χ4n) is 4.03. The Balaban J connectivity index is 1.67. The maximum Gasteiger partial charge on any atom is 0.174 e. The first-order chi connectivity index (χ1) is 15.3. The second-order valence-corrected chi connectivity index (χ2v) is 7.58. The van der Waals surface area contributed by atoms with Crippen LogP contribution in [-0.4, -0.2) is 26.8 Å². The van der Waals surface area contributed by atoms with E-state index in [4.69, 9.17) is 17.0 Å². The zero-order chi connectivity index (χ0) is 21.2. The fourth-order valence-corrected chi connectivity index (χ4v) is 4.38. The number of pyridine rings is 2. The monoisotopic (exact) mass is 427 g/mol. The average molecular weight is 428 g/mol. The number of hydrogen-bond acceptors (Lipinski definition) is 4. The lowest BCUT2D eigenvalue weighted by Crippen LogP contribution is -2.30. The second kappa shape index (κ2) is 8.20. The summed E-state index contributed by atoms with van der Waals surface area (Å²) >= 11 is 5.81. The van der Waals surface area contributed by atoms with Crippen LogP contribution in [-0.2, 0) is 0 Å². The van der Waals surface area contributed by atoms with Crippen molar-refractivity contribution in [3.05, 3.63) is 103 Å². The number of rotatable bonds is 5. The molecule has 1 aromatic carbocycles. The van der Waals surface area contributed by atoms with Gasteiger partial charge in [-0.15, -0.1) is 0 Å². The highest BCUT2D eigenvalue weighted by atomic mass is 32.1. The lowest BCUT2D eigenvalue weighted by molar-refractivity contribution is 0.414. The molecule has 2 atom stereocenters. The van der Waals surface area contributed by atoms with E-state index < -0.39 is 0 Å². The third kappa shape index (κ3) is 3.53. The highest BCUT2D eigenvalue weighted by Gasteiger charge is 2.42. The number of nitrogens with zero attached hydrogens (tertiary/aromatic N) is 4. The van der Waals surface area contributed by atoms with E-state index in [0.29, 0.717) is 5.11 Å². The molecule has 154 valence electrons. The van der Waals surface area contributed by atoms with Crippen LogP contribution in [0.3, 0.4) is 0 Å². The Labute approximate surface area is 186 Å². The van der Waals surface area contributed by atoms with Crippen LogP contribution >= 0.6 is 12.2 Å². The quantitative estimate of drug-likeness (QED) is 0.475. The molecule has 1 saturated heterocycles. The molecule has 4 aromatic rings. The Bertz CT molecular complexity index is 1190. The molecule has 0 amide bonds. The molecule has 0 bridgehead atoms. The lowest BCUT2D eigenvalue weighted by atomic mass is 10.0. The Morgan fingerprint density at radius 1 is 0.935 bits per heavy atom. The summed E-state index contributed by atoms with van der Waals surface area (Å²) in [6.07, 6.45) is 5.63. The summed E-state index contributed by atoms with van der Waals surface area (Å²) in [5.41, 5.74) is 2.94. The van der Waals surface area contributed by atoms with Crippen molar-refractivity contribution in [3.8, 4) is 11.6 Å². The summed E-state index contributed by atoms with van der Waals surface area (Å²) in [7, 11) is 1.67. The van der Waals surface area contributed by atoms with Crippen LogP contribution in [0.1, 0.15) is 23.5 Å². The van der Waals surface area contributed by atoms with Gasteiger partial charge in [0.25, 0.3) is 0 Å². The van der Waals surface area contributed by atoms with Crippen molar-refractivity contribution in [3.63, 3.8) is 0 Å². The maximum atomic E-state index is 5.81. The number of anilines is 1. The summed E-state index contributed by atoms with van der Waals surface area (Å²) in [6.45, 7) is 0. The predicted molar refractivity (Wildman–Crippen MR) is 124 cm³/mol. The van der Waals surface area contributed by atoms with Crippen LogP contribution in [0.2, 0.25) is 0 Å². The summed E-state index contributed by atoms with van der Waals surface area (Å²) < 4.78 is 7.56. The van der Waals surface area contributed by atoms with Gasteiger partial charge < -0.3 is 19.5 Å². The Morgan fingerprint density at radius 2 is 1.77 bits per heavy atom. The van der Waals surface area contributed by atoms with Crippen LogP contribution in [0.5, 0.6) is 5.75 Å². The topological polar surface area (TPSA) is 55.2 Å². The molecular weight excluding hydrogens is 406 g/mol. The first-order valence-electron chi connectivity index (χ1n) is 9.99. The van der Waals surface area contributed by atoms with Gasteiger partial charge in [-0.3, -0.25) is 4.98 Å². The van der Waals surface area contributed by atoms with Crippen molar-refractivity contribution in [2.45, 2.75) is 12.1 Å². The number of thiocarbonyl (C=S) groups is 1. The molecule has 6 nitrogen and oxygen atoms in total. The van der Waals surface area contributed by atoms with E-state index in [1.54, 1.807) is 13.3 Å². The first-order valence-corrected chi connectivity index (χ1v) is 10.4. The molecule has 0 spiro atoms. The molecular formula is C24H21N5OS. The molecule has 5 rings (SSSR count). The van der Waals surface area contributed by atoms with E-state index in [1.807, 2.05) is 79.1 Å². The summed E-state index contributed by atoms with van der Waals surface area (Å²) in [5, 5.41) is 4.13. The molecule has 1 aliphatic rings. The smallest absolute Gasteiger partial charge is 0.174 e. The Hall–Kier alpha value is -3.71. The molecule has 0 unspecified atom stereocenters. The van der Waals surface area contributed by atoms with Crippen molar-refractivity contribution in [1.82, 2.24) is 19.9 Å². The van der Waals surface area contributed by atoms with E-state index in [9.17, 15) is 0 Å². The minimum absolute atomic E-state index is 0.128. The lowest BCUT2D eigenvalue weighted by Gasteiger charge is -2.29. The molecule has 1 fully saturated rings. The number of hydrogen-bond donors (Lipinski definition) is 1. The van der Waals surface area contributed by atoms with Crippen molar-refractivity contribution in [2.75, 3.05) is 12.0 Å². The maximum absolute atomic E-state index is 5.81. The Morgan fingerprint density at radius 3 is 2.52 bits per heavy atom. The molecule has 0 aliphatic carbocycles. The average Bonchev–Trinajstić information content (AvgIpc) is 3.44. The van der Waals surface area contributed by atoms with Gasteiger partial charge in [-0.25, -0.2) is 4.98 Å². The standard InChI is InChI=1S/C24H21N5OS/c1-30-18-9-6-8-17(16-18)29-23(22(27-24(29)31)19-10-2-4-13-25-19)20-11-7-15-28(20)21-12-3-5-14-26-21/h2-16,22-23H,1H3,(H,27,31)/t22-,23-/m1/s1. The normalized spacial score (nSPS) is 18.1.